The molecule has 1 saturated heterocycles. The summed E-state index contributed by atoms with van der Waals surface area (Å²) in [4.78, 5) is 21.4. The van der Waals surface area contributed by atoms with Crippen LogP contribution in [0.2, 0.25) is 0 Å². The number of rotatable bonds is 7. The molecule has 3 aromatic carbocycles. The van der Waals surface area contributed by atoms with Crippen molar-refractivity contribution in [3.63, 3.8) is 0 Å². The minimum atomic E-state index is -0.844. The molecule has 7 heteroatoms. The van der Waals surface area contributed by atoms with E-state index < -0.39 is 6.09 Å². The van der Waals surface area contributed by atoms with Crippen LogP contribution in [0.3, 0.4) is 0 Å². The third-order valence-corrected chi connectivity index (χ3v) is 6.52. The van der Waals surface area contributed by atoms with Crippen LogP contribution in [0.4, 0.5) is 4.79 Å². The third kappa shape index (κ3) is 5.81. The van der Waals surface area contributed by atoms with Crippen molar-refractivity contribution in [2.24, 2.45) is 11.7 Å². The molecule has 1 amide bonds. The fourth-order valence-electron chi connectivity index (χ4n) is 4.49. The Hall–Kier alpha value is -3.84. The van der Waals surface area contributed by atoms with Crippen molar-refractivity contribution in [2.45, 2.75) is 26.3 Å². The van der Waals surface area contributed by atoms with Gasteiger partial charge in [-0.3, -0.25) is 4.90 Å². The number of nitrogens with zero attached hydrogens (tertiary/aromatic N) is 2. The van der Waals surface area contributed by atoms with E-state index in [1.165, 1.54) is 11.1 Å². The standard InChI is InChI=1S/C28H30N4O3/c1-19-2-4-20(5-3-19)17-32-14-12-21(13-15-32)18-34-23-8-6-22(7-9-23)27-30-25-11-10-24(35-28(29)33)16-26(25)31-27/h2-11,16,21H,12-15,17-18H2,1H3,(H2,29,33)(H,30,31). The number of fused-ring (bicyclic) bond motifs is 1. The van der Waals surface area contributed by atoms with Crippen molar-refractivity contribution in [2.75, 3.05) is 19.7 Å². The number of likely N-dealkylation sites (tertiary alicyclic amines) is 1. The van der Waals surface area contributed by atoms with Crippen LogP contribution in [0.1, 0.15) is 24.0 Å². The van der Waals surface area contributed by atoms with Crippen LogP contribution >= 0.6 is 0 Å². The fraction of sp³-hybridized carbons (Fsp3) is 0.286. The Morgan fingerprint density at radius 3 is 2.46 bits per heavy atom. The van der Waals surface area contributed by atoms with E-state index in [0.717, 1.165) is 61.7 Å². The lowest BCUT2D eigenvalue weighted by atomic mass is 9.97. The second kappa shape index (κ2) is 10.2. The average Bonchev–Trinajstić information content (AvgIpc) is 3.28. The molecule has 2 heterocycles. The number of amides is 1. The highest BCUT2D eigenvalue weighted by molar-refractivity contribution is 5.81. The number of nitrogens with one attached hydrogen (secondary N) is 1. The molecular formula is C28H30N4O3. The number of benzene rings is 3. The van der Waals surface area contributed by atoms with Gasteiger partial charge in [-0.15, -0.1) is 0 Å². The number of aromatic nitrogens is 2. The van der Waals surface area contributed by atoms with E-state index in [4.69, 9.17) is 15.2 Å². The molecule has 180 valence electrons. The molecule has 0 radical (unpaired) electrons. The van der Waals surface area contributed by atoms with Crippen LogP contribution < -0.4 is 15.2 Å². The Morgan fingerprint density at radius 1 is 1.03 bits per heavy atom. The second-order valence-corrected chi connectivity index (χ2v) is 9.23. The summed E-state index contributed by atoms with van der Waals surface area (Å²) in [6.45, 7) is 6.11. The molecule has 1 aliphatic heterocycles. The molecule has 0 spiro atoms. The maximum Gasteiger partial charge on any atom is 0.409 e. The fourth-order valence-corrected chi connectivity index (χ4v) is 4.49. The first-order chi connectivity index (χ1) is 17.0. The lowest BCUT2D eigenvalue weighted by molar-refractivity contribution is 0.137. The summed E-state index contributed by atoms with van der Waals surface area (Å²) >= 11 is 0. The Labute approximate surface area is 204 Å². The van der Waals surface area contributed by atoms with Gasteiger partial charge in [-0.05, 0) is 80.7 Å². The van der Waals surface area contributed by atoms with Gasteiger partial charge in [0.2, 0.25) is 0 Å². The monoisotopic (exact) mass is 470 g/mol. The number of aromatic amines is 1. The van der Waals surface area contributed by atoms with Crippen molar-refractivity contribution in [3.8, 4) is 22.9 Å². The van der Waals surface area contributed by atoms with Crippen LogP contribution in [0.5, 0.6) is 11.5 Å². The summed E-state index contributed by atoms with van der Waals surface area (Å²) in [5.74, 6) is 2.55. The molecule has 1 aliphatic rings. The van der Waals surface area contributed by atoms with Crippen LogP contribution in [0.25, 0.3) is 22.4 Å². The number of H-pyrrole nitrogens is 1. The van der Waals surface area contributed by atoms with Gasteiger partial charge in [0.25, 0.3) is 0 Å². The first kappa shape index (κ1) is 22.9. The Bertz CT molecular complexity index is 1290. The minimum Gasteiger partial charge on any atom is -0.493 e. The molecular weight excluding hydrogens is 440 g/mol. The highest BCUT2D eigenvalue weighted by atomic mass is 16.5. The zero-order chi connectivity index (χ0) is 24.2. The van der Waals surface area contributed by atoms with Gasteiger partial charge in [0, 0.05) is 18.2 Å². The lowest BCUT2D eigenvalue weighted by Gasteiger charge is -2.31. The van der Waals surface area contributed by atoms with Crippen LogP contribution in [-0.2, 0) is 6.54 Å². The van der Waals surface area contributed by atoms with Gasteiger partial charge >= 0.3 is 6.09 Å². The molecule has 0 bridgehead atoms. The van der Waals surface area contributed by atoms with E-state index in [0.29, 0.717) is 17.2 Å². The number of hydrogen-bond donors (Lipinski definition) is 2. The number of nitrogens with two attached hydrogens (primary N) is 1. The molecule has 1 aromatic heterocycles. The first-order valence-corrected chi connectivity index (χ1v) is 12.0. The highest BCUT2D eigenvalue weighted by Gasteiger charge is 2.20. The van der Waals surface area contributed by atoms with Gasteiger partial charge in [0.15, 0.2) is 0 Å². The molecule has 4 aromatic rings. The van der Waals surface area contributed by atoms with Gasteiger partial charge in [0.05, 0.1) is 17.6 Å². The number of ether oxygens (including phenoxy) is 2. The number of piperidine rings is 1. The van der Waals surface area contributed by atoms with Crippen molar-refractivity contribution < 1.29 is 14.3 Å². The summed E-state index contributed by atoms with van der Waals surface area (Å²) in [7, 11) is 0. The minimum absolute atomic E-state index is 0.368. The van der Waals surface area contributed by atoms with Gasteiger partial charge in [-0.2, -0.15) is 0 Å². The molecule has 7 nitrogen and oxygen atoms in total. The number of carbonyl (C=O) groups is 1. The lowest BCUT2D eigenvalue weighted by Crippen LogP contribution is -2.35. The summed E-state index contributed by atoms with van der Waals surface area (Å²) in [6, 6.07) is 22.0. The quantitative estimate of drug-likeness (QED) is 0.383. The normalized spacial score (nSPS) is 14.8. The van der Waals surface area contributed by atoms with Crippen molar-refractivity contribution in [1.29, 1.82) is 0 Å². The van der Waals surface area contributed by atoms with E-state index in [-0.39, 0.29) is 0 Å². The maximum absolute atomic E-state index is 11.0. The largest absolute Gasteiger partial charge is 0.493 e. The predicted octanol–water partition coefficient (Wildman–Crippen LogP) is 5.29. The molecule has 35 heavy (non-hydrogen) atoms. The summed E-state index contributed by atoms with van der Waals surface area (Å²) in [5.41, 5.74) is 10.3. The molecule has 0 aliphatic carbocycles. The maximum atomic E-state index is 11.0. The van der Waals surface area contributed by atoms with Crippen molar-refractivity contribution >= 4 is 17.1 Å². The summed E-state index contributed by atoms with van der Waals surface area (Å²) in [5, 5.41) is 0. The van der Waals surface area contributed by atoms with Crippen molar-refractivity contribution in [1.82, 2.24) is 14.9 Å². The predicted molar refractivity (Wildman–Crippen MR) is 136 cm³/mol. The van der Waals surface area contributed by atoms with Crippen molar-refractivity contribution in [3.05, 3.63) is 77.9 Å². The van der Waals surface area contributed by atoms with Gasteiger partial charge in [-0.1, -0.05) is 29.8 Å². The van der Waals surface area contributed by atoms with E-state index >= 15 is 0 Å². The molecule has 0 unspecified atom stereocenters. The van der Waals surface area contributed by atoms with Gasteiger partial charge < -0.3 is 20.2 Å². The average molecular weight is 471 g/mol. The SMILES string of the molecule is Cc1ccc(CN2CCC(COc3ccc(-c4nc5cc(OC(N)=O)ccc5[nH]4)cc3)CC2)cc1. The Kier molecular flexibility index (Phi) is 6.68. The van der Waals surface area contributed by atoms with E-state index in [2.05, 4.69) is 46.1 Å². The summed E-state index contributed by atoms with van der Waals surface area (Å²) in [6.07, 6.45) is 1.47. The van der Waals surface area contributed by atoms with E-state index in [1.54, 1.807) is 12.1 Å². The second-order valence-electron chi connectivity index (χ2n) is 9.23. The zero-order valence-corrected chi connectivity index (χ0v) is 19.9. The molecule has 1 fully saturated rings. The van der Waals surface area contributed by atoms with Gasteiger partial charge in [0.1, 0.15) is 17.3 Å². The van der Waals surface area contributed by atoms with E-state index in [9.17, 15) is 4.79 Å². The van der Waals surface area contributed by atoms with Crippen LogP contribution in [-0.4, -0.2) is 40.7 Å². The number of carbonyl (C=O) groups excluding carboxylic acids is 1. The molecule has 3 N–H and O–H groups in total. The third-order valence-electron chi connectivity index (χ3n) is 6.52. The van der Waals surface area contributed by atoms with E-state index in [1.807, 2.05) is 30.3 Å². The zero-order valence-electron chi connectivity index (χ0n) is 19.9. The smallest absolute Gasteiger partial charge is 0.409 e. The van der Waals surface area contributed by atoms with Crippen LogP contribution in [0.15, 0.2) is 66.7 Å². The Morgan fingerprint density at radius 2 is 1.74 bits per heavy atom. The number of aryl methyl sites for hydroxylation is 1. The molecule has 0 saturated carbocycles. The number of primary amides is 1. The number of hydrogen-bond acceptors (Lipinski definition) is 5. The number of imidazole rings is 1. The Balaban J connectivity index is 1.12. The summed E-state index contributed by atoms with van der Waals surface area (Å²) < 4.78 is 11.0. The highest BCUT2D eigenvalue weighted by Crippen LogP contribution is 2.26. The van der Waals surface area contributed by atoms with Gasteiger partial charge in [-0.25, -0.2) is 9.78 Å². The molecule has 0 atom stereocenters. The topological polar surface area (TPSA) is 93.5 Å². The first-order valence-electron chi connectivity index (χ1n) is 12.0. The molecule has 5 rings (SSSR count). The van der Waals surface area contributed by atoms with Crippen LogP contribution in [0, 0.1) is 12.8 Å².